The van der Waals surface area contributed by atoms with Crippen molar-refractivity contribution in [2.24, 2.45) is 0 Å². The maximum atomic E-state index is 11.9. The second-order valence-electron chi connectivity index (χ2n) is 3.85. The molecule has 1 aliphatic rings. The number of ether oxygens (including phenoxy) is 1. The van der Waals surface area contributed by atoms with E-state index in [0.29, 0.717) is 11.4 Å². The Morgan fingerprint density at radius 2 is 2.35 bits per heavy atom. The summed E-state index contributed by atoms with van der Waals surface area (Å²) in [6.07, 6.45) is 4.73. The maximum Gasteiger partial charge on any atom is 0.268 e. The van der Waals surface area contributed by atoms with E-state index in [9.17, 15) is 4.79 Å². The molecule has 0 aliphatic carbocycles. The second kappa shape index (κ2) is 4.48. The van der Waals surface area contributed by atoms with Crippen LogP contribution in [-0.2, 0) is 11.4 Å². The van der Waals surface area contributed by atoms with E-state index in [4.69, 9.17) is 16.3 Å². The van der Waals surface area contributed by atoms with Crippen LogP contribution in [0.5, 0.6) is 5.75 Å². The zero-order valence-corrected chi connectivity index (χ0v) is 9.51. The van der Waals surface area contributed by atoms with Crippen molar-refractivity contribution in [1.82, 2.24) is 0 Å². The van der Waals surface area contributed by atoms with E-state index in [-0.39, 0.29) is 19.1 Å². The number of hydrogen-bond acceptors (Lipinski definition) is 3. The van der Waals surface area contributed by atoms with Crippen LogP contribution in [0.25, 0.3) is 0 Å². The number of amides is 1. The van der Waals surface area contributed by atoms with Gasteiger partial charge in [0.15, 0.2) is 6.10 Å². The van der Waals surface area contributed by atoms with Crippen molar-refractivity contribution in [3.05, 3.63) is 23.8 Å². The highest BCUT2D eigenvalue weighted by Crippen LogP contribution is 2.34. The number of nitrogens with zero attached hydrogens (tertiary/aromatic N) is 1. The topological polar surface area (TPSA) is 49.8 Å². The maximum absolute atomic E-state index is 11.9. The molecule has 17 heavy (non-hydrogen) atoms. The Kier molecular flexibility index (Phi) is 3.03. The molecule has 1 aliphatic heterocycles. The first-order chi connectivity index (χ1) is 8.17. The second-order valence-corrected chi connectivity index (χ2v) is 3.85. The van der Waals surface area contributed by atoms with Crippen molar-refractivity contribution in [1.29, 1.82) is 0 Å². The molecule has 2 rings (SSSR count). The van der Waals surface area contributed by atoms with Gasteiger partial charge in [0, 0.05) is 0 Å². The van der Waals surface area contributed by atoms with E-state index in [1.54, 1.807) is 25.1 Å². The van der Waals surface area contributed by atoms with Gasteiger partial charge in [-0.15, -0.1) is 6.42 Å². The minimum Gasteiger partial charge on any atom is -0.479 e. The lowest BCUT2D eigenvalue weighted by Gasteiger charge is -2.32. The molecule has 1 amide bonds. The van der Waals surface area contributed by atoms with Gasteiger partial charge >= 0.3 is 0 Å². The first-order valence-corrected chi connectivity index (χ1v) is 5.32. The molecule has 4 nitrogen and oxygen atoms in total. The van der Waals surface area contributed by atoms with Crippen LogP contribution in [0.1, 0.15) is 12.5 Å². The molecule has 0 aromatic heterocycles. The molecule has 1 N–H and O–H groups in total. The number of carbonyl (C=O) groups excluding carboxylic acids is 1. The van der Waals surface area contributed by atoms with E-state index in [1.165, 1.54) is 4.90 Å². The quantitative estimate of drug-likeness (QED) is 0.770. The first-order valence-electron chi connectivity index (χ1n) is 5.32. The number of fused-ring (bicyclic) bond motifs is 1. The number of anilines is 1. The van der Waals surface area contributed by atoms with Gasteiger partial charge in [-0.2, -0.15) is 0 Å². The molecule has 0 saturated heterocycles. The molecule has 0 spiro atoms. The van der Waals surface area contributed by atoms with Crippen LogP contribution >= 0.6 is 0 Å². The minimum atomic E-state index is -0.532. The number of carbonyl (C=O) groups is 1. The summed E-state index contributed by atoms with van der Waals surface area (Å²) in [5.74, 6) is 2.91. The average Bonchev–Trinajstić information content (AvgIpc) is 2.34. The van der Waals surface area contributed by atoms with Gasteiger partial charge in [0.1, 0.15) is 5.75 Å². The molecule has 1 aromatic rings. The Morgan fingerprint density at radius 1 is 1.59 bits per heavy atom. The van der Waals surface area contributed by atoms with Gasteiger partial charge < -0.3 is 9.84 Å². The van der Waals surface area contributed by atoms with Crippen molar-refractivity contribution in [2.45, 2.75) is 19.6 Å². The van der Waals surface area contributed by atoms with E-state index in [1.807, 2.05) is 0 Å². The summed E-state index contributed by atoms with van der Waals surface area (Å²) in [6.45, 7) is 1.81. The van der Waals surface area contributed by atoms with Crippen LogP contribution in [0.4, 0.5) is 5.69 Å². The van der Waals surface area contributed by atoms with Crippen LogP contribution in [0.15, 0.2) is 18.2 Å². The van der Waals surface area contributed by atoms with E-state index >= 15 is 0 Å². The molecular formula is C13H13NO3. The molecule has 1 atom stereocenters. The highest BCUT2D eigenvalue weighted by Gasteiger charge is 2.30. The van der Waals surface area contributed by atoms with Gasteiger partial charge in [0.25, 0.3) is 5.91 Å². The van der Waals surface area contributed by atoms with Gasteiger partial charge in [-0.25, -0.2) is 0 Å². The van der Waals surface area contributed by atoms with E-state index < -0.39 is 6.10 Å². The number of rotatable bonds is 2. The number of aliphatic hydroxyl groups excluding tert-OH is 1. The fraction of sp³-hybridized carbons (Fsp3) is 0.308. The Morgan fingerprint density at radius 3 is 3.00 bits per heavy atom. The van der Waals surface area contributed by atoms with Crippen molar-refractivity contribution in [2.75, 3.05) is 11.4 Å². The van der Waals surface area contributed by atoms with Crippen molar-refractivity contribution >= 4 is 11.6 Å². The summed E-state index contributed by atoms with van der Waals surface area (Å²) in [5.41, 5.74) is 1.34. The lowest BCUT2D eigenvalue weighted by Crippen LogP contribution is -2.44. The predicted molar refractivity (Wildman–Crippen MR) is 63.6 cm³/mol. The van der Waals surface area contributed by atoms with Crippen LogP contribution in [0.3, 0.4) is 0 Å². The molecule has 4 heteroatoms. The standard InChI is InChI=1S/C13H13NO3/c1-3-6-14-11-7-10(8-15)4-5-12(11)17-9(2)13(14)16/h1,4-5,7,9,15H,6,8H2,2H3. The minimum absolute atomic E-state index is 0.0824. The molecule has 1 aromatic carbocycles. The van der Waals surface area contributed by atoms with E-state index in [0.717, 1.165) is 5.56 Å². The Bertz CT molecular complexity index is 490. The highest BCUT2D eigenvalue weighted by molar-refractivity contribution is 6.00. The number of hydrogen-bond donors (Lipinski definition) is 1. The lowest BCUT2D eigenvalue weighted by molar-refractivity contribution is -0.125. The predicted octanol–water partition coefficient (Wildman–Crippen LogP) is 0.926. The highest BCUT2D eigenvalue weighted by atomic mass is 16.5. The zero-order valence-electron chi connectivity index (χ0n) is 9.51. The molecule has 0 bridgehead atoms. The Hall–Kier alpha value is -1.99. The van der Waals surface area contributed by atoms with Gasteiger partial charge in [0.2, 0.25) is 0 Å². The number of aliphatic hydroxyl groups is 1. The summed E-state index contributed by atoms with van der Waals surface area (Å²) >= 11 is 0. The summed E-state index contributed by atoms with van der Waals surface area (Å²) in [4.78, 5) is 13.4. The lowest BCUT2D eigenvalue weighted by atomic mass is 10.1. The van der Waals surface area contributed by atoms with Gasteiger partial charge in [-0.05, 0) is 24.6 Å². The monoisotopic (exact) mass is 231 g/mol. The fourth-order valence-corrected chi connectivity index (χ4v) is 1.81. The summed E-state index contributed by atoms with van der Waals surface area (Å²) in [7, 11) is 0. The first kappa shape index (κ1) is 11.5. The zero-order chi connectivity index (χ0) is 12.4. The molecule has 1 heterocycles. The van der Waals surface area contributed by atoms with Crippen molar-refractivity contribution < 1.29 is 14.6 Å². The van der Waals surface area contributed by atoms with Crippen molar-refractivity contribution in [3.8, 4) is 18.1 Å². The molecule has 0 saturated carbocycles. The molecule has 88 valence electrons. The molecule has 0 fully saturated rings. The molecule has 0 radical (unpaired) electrons. The third kappa shape index (κ3) is 1.97. The van der Waals surface area contributed by atoms with E-state index in [2.05, 4.69) is 5.92 Å². The number of terminal acetylenes is 1. The normalized spacial score (nSPS) is 18.3. The Balaban J connectivity index is 2.48. The largest absolute Gasteiger partial charge is 0.479 e. The van der Waals surface area contributed by atoms with Crippen LogP contribution in [0, 0.1) is 12.3 Å². The van der Waals surface area contributed by atoms with Crippen LogP contribution in [0.2, 0.25) is 0 Å². The van der Waals surface area contributed by atoms with Crippen molar-refractivity contribution in [3.63, 3.8) is 0 Å². The smallest absolute Gasteiger partial charge is 0.268 e. The summed E-state index contributed by atoms with van der Waals surface area (Å²) in [5, 5.41) is 9.09. The third-order valence-corrected chi connectivity index (χ3v) is 2.66. The average molecular weight is 231 g/mol. The van der Waals surface area contributed by atoms with Gasteiger partial charge in [0.05, 0.1) is 18.8 Å². The third-order valence-electron chi connectivity index (χ3n) is 2.66. The Labute approximate surface area is 99.8 Å². The fourth-order valence-electron chi connectivity index (χ4n) is 1.81. The van der Waals surface area contributed by atoms with Crippen LogP contribution < -0.4 is 9.64 Å². The summed E-state index contributed by atoms with van der Waals surface area (Å²) in [6, 6.07) is 5.22. The van der Waals surface area contributed by atoms with Crippen LogP contribution in [-0.4, -0.2) is 23.7 Å². The molecule has 1 unspecified atom stereocenters. The number of benzene rings is 1. The summed E-state index contributed by atoms with van der Waals surface area (Å²) < 4.78 is 5.48. The van der Waals surface area contributed by atoms with Gasteiger partial charge in [-0.3, -0.25) is 9.69 Å². The molecular weight excluding hydrogens is 218 g/mol. The van der Waals surface area contributed by atoms with Gasteiger partial charge in [-0.1, -0.05) is 12.0 Å². The SMILES string of the molecule is C#CCN1C(=O)C(C)Oc2ccc(CO)cc21.